The second kappa shape index (κ2) is 9.41. The fourth-order valence-electron chi connectivity index (χ4n) is 3.06. The topological polar surface area (TPSA) is 139 Å². The van der Waals surface area contributed by atoms with Crippen molar-refractivity contribution in [3.63, 3.8) is 0 Å². The largest absolute Gasteiger partial charge is 0.490 e. The summed E-state index contributed by atoms with van der Waals surface area (Å²) >= 11 is 1.37. The molecule has 11 nitrogen and oxygen atoms in total. The molecule has 166 valence electrons. The van der Waals surface area contributed by atoms with Crippen molar-refractivity contribution in [2.75, 3.05) is 39.8 Å². The number of piperazine rings is 1. The normalized spacial score (nSPS) is 14.8. The number of methoxy groups -OCH3 is 1. The van der Waals surface area contributed by atoms with Crippen LogP contribution in [-0.2, 0) is 14.8 Å². The van der Waals surface area contributed by atoms with E-state index in [0.717, 1.165) is 6.07 Å². The molecular formula is C18H20N4O7S2. The standard InChI is InChI=1S/C18H20N4O7S2/c1-29-16-3-2-14(10-15(16)22(25)26)31(27,28)21-7-5-20(6-8-21)17(23)11-19-18(24)13-4-9-30-12-13/h2-4,9-10,12H,5-8,11H2,1H3,(H,19,24). The number of nitro benzene ring substituents is 1. The second-order valence-corrected chi connectivity index (χ2v) is 9.29. The molecule has 1 fully saturated rings. The summed E-state index contributed by atoms with van der Waals surface area (Å²) in [4.78, 5) is 36.0. The van der Waals surface area contributed by atoms with Gasteiger partial charge < -0.3 is 15.0 Å². The number of sulfonamides is 1. The van der Waals surface area contributed by atoms with Gasteiger partial charge in [-0.15, -0.1) is 0 Å². The molecule has 0 radical (unpaired) electrons. The molecule has 1 aromatic heterocycles. The van der Waals surface area contributed by atoms with Crippen LogP contribution in [0.4, 0.5) is 5.69 Å². The minimum atomic E-state index is -3.98. The van der Waals surface area contributed by atoms with E-state index in [1.807, 2.05) is 0 Å². The van der Waals surface area contributed by atoms with E-state index < -0.39 is 20.6 Å². The number of benzene rings is 1. The lowest BCUT2D eigenvalue weighted by atomic mass is 10.3. The van der Waals surface area contributed by atoms with Crippen LogP contribution >= 0.6 is 11.3 Å². The highest BCUT2D eigenvalue weighted by Gasteiger charge is 2.32. The number of rotatable bonds is 7. The number of nitrogens with one attached hydrogen (secondary N) is 1. The van der Waals surface area contributed by atoms with Gasteiger partial charge in [0.1, 0.15) is 0 Å². The Balaban J connectivity index is 1.60. The van der Waals surface area contributed by atoms with Gasteiger partial charge in [-0.2, -0.15) is 15.6 Å². The summed E-state index contributed by atoms with van der Waals surface area (Å²) in [5, 5.41) is 17.2. The number of hydrogen-bond donors (Lipinski definition) is 1. The van der Waals surface area contributed by atoms with Crippen LogP contribution in [0.15, 0.2) is 39.9 Å². The average molecular weight is 469 g/mol. The van der Waals surface area contributed by atoms with Crippen molar-refractivity contribution in [3.8, 4) is 5.75 Å². The van der Waals surface area contributed by atoms with E-state index >= 15 is 0 Å². The summed E-state index contributed by atoms with van der Waals surface area (Å²) in [6.07, 6.45) is 0. The number of nitro groups is 1. The Labute approximate surface area is 182 Å². The molecule has 1 aliphatic heterocycles. The summed E-state index contributed by atoms with van der Waals surface area (Å²) in [7, 11) is -2.72. The number of carbonyl (C=O) groups excluding carboxylic acids is 2. The Morgan fingerprint density at radius 2 is 1.94 bits per heavy atom. The van der Waals surface area contributed by atoms with Crippen LogP contribution < -0.4 is 10.1 Å². The highest BCUT2D eigenvalue weighted by Crippen LogP contribution is 2.30. The monoisotopic (exact) mass is 468 g/mol. The van der Waals surface area contributed by atoms with Gasteiger partial charge in [-0.25, -0.2) is 8.42 Å². The van der Waals surface area contributed by atoms with E-state index in [1.54, 1.807) is 16.8 Å². The molecule has 2 heterocycles. The van der Waals surface area contributed by atoms with Crippen molar-refractivity contribution >= 4 is 38.9 Å². The summed E-state index contributed by atoms with van der Waals surface area (Å²) in [5.74, 6) is -0.707. The molecule has 0 saturated carbocycles. The first-order chi connectivity index (χ1) is 14.7. The number of thiophene rings is 1. The zero-order chi connectivity index (χ0) is 22.6. The number of ether oxygens (including phenoxy) is 1. The molecule has 2 aromatic rings. The minimum Gasteiger partial charge on any atom is -0.490 e. The van der Waals surface area contributed by atoms with Gasteiger partial charge in [-0.05, 0) is 23.6 Å². The molecule has 1 N–H and O–H groups in total. The van der Waals surface area contributed by atoms with Gasteiger partial charge in [0.2, 0.25) is 15.9 Å². The predicted molar refractivity (Wildman–Crippen MR) is 112 cm³/mol. The molecule has 0 unspecified atom stereocenters. The molecular weight excluding hydrogens is 448 g/mol. The molecule has 1 aliphatic rings. The van der Waals surface area contributed by atoms with Crippen LogP contribution in [0.25, 0.3) is 0 Å². The van der Waals surface area contributed by atoms with Crippen LogP contribution in [0.3, 0.4) is 0 Å². The van der Waals surface area contributed by atoms with Crippen LogP contribution in [0.5, 0.6) is 5.75 Å². The molecule has 13 heteroatoms. The fraction of sp³-hybridized carbons (Fsp3) is 0.333. The van der Waals surface area contributed by atoms with E-state index in [9.17, 15) is 28.1 Å². The second-order valence-electron chi connectivity index (χ2n) is 6.57. The first kappa shape index (κ1) is 22.7. The summed E-state index contributed by atoms with van der Waals surface area (Å²) in [6, 6.07) is 5.10. The molecule has 1 aromatic carbocycles. The number of nitrogens with zero attached hydrogens (tertiary/aromatic N) is 3. The molecule has 0 spiro atoms. The van der Waals surface area contributed by atoms with Gasteiger partial charge in [0.25, 0.3) is 5.91 Å². The van der Waals surface area contributed by atoms with E-state index in [-0.39, 0.29) is 55.2 Å². The Morgan fingerprint density at radius 1 is 1.23 bits per heavy atom. The fourth-order valence-corrected chi connectivity index (χ4v) is 5.14. The summed E-state index contributed by atoms with van der Waals surface area (Å²) < 4.78 is 31.8. The van der Waals surface area contributed by atoms with Crippen LogP contribution in [0.2, 0.25) is 0 Å². The third-order valence-corrected chi connectivity index (χ3v) is 7.34. The molecule has 2 amide bonds. The van der Waals surface area contributed by atoms with Gasteiger partial charge in [-0.3, -0.25) is 19.7 Å². The van der Waals surface area contributed by atoms with Gasteiger partial charge in [-0.1, -0.05) is 0 Å². The maximum Gasteiger partial charge on any atom is 0.312 e. The number of carbonyl (C=O) groups is 2. The van der Waals surface area contributed by atoms with E-state index in [4.69, 9.17) is 4.74 Å². The minimum absolute atomic E-state index is 0.0341. The van der Waals surface area contributed by atoms with Gasteiger partial charge in [0.15, 0.2) is 5.75 Å². The lowest BCUT2D eigenvalue weighted by Crippen LogP contribution is -2.52. The van der Waals surface area contributed by atoms with Crippen molar-refractivity contribution in [1.82, 2.24) is 14.5 Å². The van der Waals surface area contributed by atoms with Crippen molar-refractivity contribution in [3.05, 3.63) is 50.7 Å². The Hall–Kier alpha value is -3.03. The van der Waals surface area contributed by atoms with Crippen LogP contribution in [-0.4, -0.2) is 74.2 Å². The zero-order valence-corrected chi connectivity index (χ0v) is 18.1. The van der Waals surface area contributed by atoms with Gasteiger partial charge in [0.05, 0.1) is 23.5 Å². The number of amides is 2. The Bertz CT molecular complexity index is 1080. The lowest BCUT2D eigenvalue weighted by Gasteiger charge is -2.34. The average Bonchev–Trinajstić information content (AvgIpc) is 3.32. The highest BCUT2D eigenvalue weighted by atomic mass is 32.2. The maximum atomic E-state index is 12.9. The Morgan fingerprint density at radius 3 is 2.52 bits per heavy atom. The molecule has 3 rings (SSSR count). The maximum absolute atomic E-state index is 12.9. The quantitative estimate of drug-likeness (QED) is 0.471. The Kier molecular flexibility index (Phi) is 6.87. The summed E-state index contributed by atoms with van der Waals surface area (Å²) in [5.41, 5.74) is 0.0288. The predicted octanol–water partition coefficient (Wildman–Crippen LogP) is 0.928. The first-order valence-corrected chi connectivity index (χ1v) is 11.5. The van der Waals surface area contributed by atoms with Gasteiger partial charge in [0, 0.05) is 43.2 Å². The van der Waals surface area contributed by atoms with Crippen molar-refractivity contribution < 1.29 is 27.7 Å². The van der Waals surface area contributed by atoms with Crippen molar-refractivity contribution in [1.29, 1.82) is 0 Å². The molecule has 0 bridgehead atoms. The number of hydrogen-bond acceptors (Lipinski definition) is 8. The van der Waals surface area contributed by atoms with E-state index in [1.165, 1.54) is 39.8 Å². The third kappa shape index (κ3) is 5.00. The molecule has 0 atom stereocenters. The van der Waals surface area contributed by atoms with Crippen molar-refractivity contribution in [2.24, 2.45) is 0 Å². The van der Waals surface area contributed by atoms with Crippen LogP contribution in [0.1, 0.15) is 10.4 Å². The SMILES string of the molecule is COc1ccc(S(=O)(=O)N2CCN(C(=O)CNC(=O)c3ccsc3)CC2)cc1[N+](=O)[O-]. The first-order valence-electron chi connectivity index (χ1n) is 9.15. The van der Waals surface area contributed by atoms with Crippen molar-refractivity contribution in [2.45, 2.75) is 4.90 Å². The molecule has 1 saturated heterocycles. The van der Waals surface area contributed by atoms with Crippen LogP contribution in [0, 0.1) is 10.1 Å². The summed E-state index contributed by atoms with van der Waals surface area (Å²) in [6.45, 7) is 0.167. The third-order valence-electron chi connectivity index (χ3n) is 4.76. The zero-order valence-electron chi connectivity index (χ0n) is 16.5. The van der Waals surface area contributed by atoms with Gasteiger partial charge >= 0.3 is 5.69 Å². The smallest absolute Gasteiger partial charge is 0.312 e. The molecule has 31 heavy (non-hydrogen) atoms. The van der Waals surface area contributed by atoms with E-state index in [2.05, 4.69) is 5.32 Å². The lowest BCUT2D eigenvalue weighted by molar-refractivity contribution is -0.386. The van der Waals surface area contributed by atoms with E-state index in [0.29, 0.717) is 5.56 Å². The highest BCUT2D eigenvalue weighted by molar-refractivity contribution is 7.89. The molecule has 0 aliphatic carbocycles.